The Bertz CT molecular complexity index is 1420. The lowest BCUT2D eigenvalue weighted by molar-refractivity contribution is -0.274. The number of nitrogens with zero attached hydrogens (tertiary/aromatic N) is 2. The number of halogens is 3. The first-order valence-electron chi connectivity index (χ1n) is 14.3. The van der Waals surface area contributed by atoms with Crippen molar-refractivity contribution >= 4 is 12.0 Å². The number of hydrogen-bond donors (Lipinski definition) is 2. The van der Waals surface area contributed by atoms with Crippen LogP contribution in [-0.2, 0) is 16.6 Å². The molecule has 3 aliphatic carbocycles. The largest absolute Gasteiger partial charge is 0.573 e. The highest BCUT2D eigenvalue weighted by Crippen LogP contribution is 2.66. The molecule has 0 aromatic heterocycles. The van der Waals surface area contributed by atoms with Gasteiger partial charge < -0.3 is 24.6 Å². The number of piperidine rings is 1. The summed E-state index contributed by atoms with van der Waals surface area (Å²) >= 11 is 0. The monoisotopic (exact) mass is 570 g/mol. The average molecular weight is 571 g/mol. The van der Waals surface area contributed by atoms with E-state index < -0.39 is 23.5 Å². The molecule has 2 aromatic rings. The number of carbonyl (C=O) groups is 1. The van der Waals surface area contributed by atoms with E-state index in [-0.39, 0.29) is 29.5 Å². The van der Waals surface area contributed by atoms with Gasteiger partial charge in [0.2, 0.25) is 5.91 Å². The van der Waals surface area contributed by atoms with Crippen LogP contribution in [0.1, 0.15) is 48.8 Å². The number of ether oxygens (including phenoxy) is 2. The standard InChI is InChI=1S/C31H33F3N2O5/c1-35(25(38)10-7-18-3-2-4-21(15-18)41-31(32,33)34)22-11-12-30(39)24-16-20-8-9-23(37)27-26(20)29(30,28(22)40-27)13-14-36(24)17-19-5-6-19/h2-4,7-10,15,19,22,24,28,37,39H,5-6,11-14,16-17H2,1H3/t22-,24+,28-,29-,30+/m0/s1. The molecule has 5 atom stereocenters. The van der Waals surface area contributed by atoms with Gasteiger partial charge in [0.15, 0.2) is 11.5 Å². The van der Waals surface area contributed by atoms with E-state index >= 15 is 0 Å². The fraction of sp³-hybridized carbons (Fsp3) is 0.516. The van der Waals surface area contributed by atoms with Crippen molar-refractivity contribution in [3.8, 4) is 17.2 Å². The zero-order valence-electron chi connectivity index (χ0n) is 22.7. The van der Waals surface area contributed by atoms with Crippen molar-refractivity contribution in [1.82, 2.24) is 9.80 Å². The lowest BCUT2D eigenvalue weighted by Crippen LogP contribution is -2.78. The average Bonchev–Trinajstić information content (AvgIpc) is 3.66. The number of phenols is 1. The molecule has 2 bridgehead atoms. The molecular weight excluding hydrogens is 537 g/mol. The van der Waals surface area contributed by atoms with Gasteiger partial charge in [0.1, 0.15) is 11.9 Å². The zero-order valence-corrected chi connectivity index (χ0v) is 22.7. The normalized spacial score (nSPS) is 32.0. The molecule has 3 fully saturated rings. The SMILES string of the molecule is CN(C(=O)C=Cc1cccc(OC(F)(F)F)c1)[C@H]1CC[C@@]2(O)[C@H]3Cc4ccc(O)c5c4[C@@]2(CCN3CC2CC2)[C@H]1O5. The van der Waals surface area contributed by atoms with E-state index in [0.717, 1.165) is 24.2 Å². The summed E-state index contributed by atoms with van der Waals surface area (Å²) in [6, 6.07) is 8.62. The maximum atomic E-state index is 13.4. The molecule has 1 amide bonds. The third kappa shape index (κ3) is 4.13. The fourth-order valence-electron chi connectivity index (χ4n) is 8.12. The van der Waals surface area contributed by atoms with Crippen LogP contribution in [0.4, 0.5) is 13.2 Å². The van der Waals surface area contributed by atoms with Crippen molar-refractivity contribution in [3.63, 3.8) is 0 Å². The van der Waals surface area contributed by atoms with Gasteiger partial charge in [-0.3, -0.25) is 9.69 Å². The van der Waals surface area contributed by atoms with Crippen molar-refractivity contribution in [1.29, 1.82) is 0 Å². The minimum Gasteiger partial charge on any atom is -0.504 e. The van der Waals surface area contributed by atoms with E-state index in [4.69, 9.17) is 4.74 Å². The number of likely N-dealkylation sites (tertiary alicyclic amines) is 1. The maximum absolute atomic E-state index is 13.4. The summed E-state index contributed by atoms with van der Waals surface area (Å²) in [6.45, 7) is 1.80. The topological polar surface area (TPSA) is 82.5 Å². The molecule has 2 aromatic carbocycles. The lowest BCUT2D eigenvalue weighted by atomic mass is 9.48. The van der Waals surface area contributed by atoms with Crippen molar-refractivity contribution in [2.75, 3.05) is 20.1 Å². The third-order valence-corrected chi connectivity index (χ3v) is 10.1. The maximum Gasteiger partial charge on any atom is 0.573 e. The van der Waals surface area contributed by atoms with Crippen molar-refractivity contribution < 1.29 is 37.7 Å². The molecule has 7 nitrogen and oxygen atoms in total. The Morgan fingerprint density at radius 3 is 2.78 bits per heavy atom. The molecule has 2 heterocycles. The van der Waals surface area contributed by atoms with Crippen LogP contribution >= 0.6 is 0 Å². The van der Waals surface area contributed by atoms with Crippen LogP contribution in [0, 0.1) is 5.92 Å². The zero-order chi connectivity index (χ0) is 28.7. The van der Waals surface area contributed by atoms with Crippen LogP contribution in [0.3, 0.4) is 0 Å². The van der Waals surface area contributed by atoms with Crippen molar-refractivity contribution in [2.45, 2.75) is 74.1 Å². The third-order valence-electron chi connectivity index (χ3n) is 10.1. The van der Waals surface area contributed by atoms with Crippen molar-refractivity contribution in [3.05, 3.63) is 59.2 Å². The summed E-state index contributed by atoms with van der Waals surface area (Å²) in [5.41, 5.74) is 0.582. The molecule has 2 aliphatic heterocycles. The Hall–Kier alpha value is -3.24. The van der Waals surface area contributed by atoms with Crippen LogP contribution in [0.2, 0.25) is 0 Å². The van der Waals surface area contributed by atoms with Gasteiger partial charge in [-0.2, -0.15) is 0 Å². The Morgan fingerprint density at radius 1 is 1.22 bits per heavy atom. The first-order chi connectivity index (χ1) is 19.5. The van der Waals surface area contributed by atoms with E-state index in [2.05, 4.69) is 9.64 Å². The number of alkyl halides is 3. The molecular formula is C31H33F3N2O5. The van der Waals surface area contributed by atoms with Crippen LogP contribution in [0.25, 0.3) is 6.08 Å². The Balaban J connectivity index is 1.18. The summed E-state index contributed by atoms with van der Waals surface area (Å²) in [5.74, 6) is 0.458. The van der Waals surface area contributed by atoms with Crippen LogP contribution in [-0.4, -0.2) is 76.2 Å². The van der Waals surface area contributed by atoms with E-state index in [9.17, 15) is 28.2 Å². The fourth-order valence-corrected chi connectivity index (χ4v) is 8.12. The Morgan fingerprint density at radius 2 is 2.02 bits per heavy atom. The first-order valence-corrected chi connectivity index (χ1v) is 14.3. The number of aliphatic hydroxyl groups is 1. The van der Waals surface area contributed by atoms with Gasteiger partial charge in [-0.05, 0) is 86.4 Å². The van der Waals surface area contributed by atoms with E-state index in [1.54, 1.807) is 24.1 Å². The summed E-state index contributed by atoms with van der Waals surface area (Å²) < 4.78 is 48.4. The van der Waals surface area contributed by atoms with Gasteiger partial charge in [-0.25, -0.2) is 0 Å². The number of likely N-dealkylation sites (N-methyl/N-ethyl adjacent to an activating group) is 1. The highest BCUT2D eigenvalue weighted by Gasteiger charge is 2.73. The minimum atomic E-state index is -4.81. The van der Waals surface area contributed by atoms with Crippen molar-refractivity contribution in [2.24, 2.45) is 5.92 Å². The molecule has 2 N–H and O–H groups in total. The number of benzene rings is 2. The van der Waals surface area contributed by atoms with Gasteiger partial charge in [-0.15, -0.1) is 13.2 Å². The second-order valence-corrected chi connectivity index (χ2v) is 12.3. The molecule has 1 spiro atoms. The molecule has 218 valence electrons. The Labute approximate surface area is 236 Å². The number of phenolic OH excluding ortho intramolecular Hbond substituents is 1. The lowest BCUT2D eigenvalue weighted by Gasteiger charge is -2.64. The predicted octanol–water partition coefficient (Wildman–Crippen LogP) is 4.40. The van der Waals surface area contributed by atoms with Gasteiger partial charge in [-0.1, -0.05) is 18.2 Å². The minimum absolute atomic E-state index is 0.0438. The quantitative estimate of drug-likeness (QED) is 0.502. The molecule has 2 saturated carbocycles. The summed E-state index contributed by atoms with van der Waals surface area (Å²) in [5, 5.41) is 23.4. The second kappa shape index (κ2) is 9.13. The Kier molecular flexibility index (Phi) is 5.93. The molecule has 10 heteroatoms. The van der Waals surface area contributed by atoms with Crippen LogP contribution < -0.4 is 9.47 Å². The predicted molar refractivity (Wildman–Crippen MR) is 144 cm³/mol. The highest BCUT2D eigenvalue weighted by molar-refractivity contribution is 5.92. The van der Waals surface area contributed by atoms with Gasteiger partial charge in [0.05, 0.1) is 17.1 Å². The van der Waals surface area contributed by atoms with E-state index in [1.165, 1.54) is 43.2 Å². The van der Waals surface area contributed by atoms with Gasteiger partial charge in [0.25, 0.3) is 0 Å². The van der Waals surface area contributed by atoms with Crippen LogP contribution in [0.15, 0.2) is 42.5 Å². The molecule has 41 heavy (non-hydrogen) atoms. The molecule has 1 saturated heterocycles. The summed E-state index contributed by atoms with van der Waals surface area (Å²) in [6.07, 6.45) is 2.29. The molecule has 5 aliphatic rings. The molecule has 0 unspecified atom stereocenters. The molecule has 0 radical (unpaired) electrons. The van der Waals surface area contributed by atoms with Gasteiger partial charge in [0, 0.05) is 31.3 Å². The number of hydrogen-bond acceptors (Lipinski definition) is 6. The number of carbonyl (C=O) groups excluding carboxylic acids is 1. The first kappa shape index (κ1) is 26.6. The van der Waals surface area contributed by atoms with E-state index in [1.807, 2.05) is 6.07 Å². The summed E-state index contributed by atoms with van der Waals surface area (Å²) in [7, 11) is 1.69. The number of rotatable bonds is 6. The smallest absolute Gasteiger partial charge is 0.504 e. The molecule has 7 rings (SSSR count). The number of aromatic hydroxyl groups is 1. The second-order valence-electron chi connectivity index (χ2n) is 12.3. The number of amides is 1. The summed E-state index contributed by atoms with van der Waals surface area (Å²) in [4.78, 5) is 17.5. The highest BCUT2D eigenvalue weighted by atomic mass is 19.4. The van der Waals surface area contributed by atoms with E-state index in [0.29, 0.717) is 42.9 Å². The van der Waals surface area contributed by atoms with Crippen LogP contribution in [0.5, 0.6) is 17.2 Å². The van der Waals surface area contributed by atoms with Gasteiger partial charge >= 0.3 is 6.36 Å².